The van der Waals surface area contributed by atoms with E-state index in [2.05, 4.69) is 21.1 Å². The summed E-state index contributed by atoms with van der Waals surface area (Å²) in [4.78, 5) is 45.4. The fourth-order valence-electron chi connectivity index (χ4n) is 1.64. The van der Waals surface area contributed by atoms with Crippen LogP contribution in [0.15, 0.2) is 10.6 Å². The summed E-state index contributed by atoms with van der Waals surface area (Å²) in [6.07, 6.45) is 0.982. The average molecular weight is 339 g/mol. The SMILES string of the molecule is CCC(N)C(=O)NCC(=O)NC(C)C(=O)NCc1cc(C=O)no1. The third kappa shape index (κ3) is 6.16. The number of rotatable bonds is 9. The molecule has 0 radical (unpaired) electrons. The molecule has 0 spiro atoms. The number of carbonyl (C=O) groups is 4. The molecule has 10 nitrogen and oxygen atoms in total. The summed E-state index contributed by atoms with van der Waals surface area (Å²) in [5.41, 5.74) is 5.64. The van der Waals surface area contributed by atoms with Crippen molar-refractivity contribution >= 4 is 24.0 Å². The normalized spacial score (nSPS) is 12.8. The Bertz CT molecular complexity index is 600. The Morgan fingerprint density at radius 2 is 2.04 bits per heavy atom. The first-order chi connectivity index (χ1) is 11.4. The summed E-state index contributed by atoms with van der Waals surface area (Å²) < 4.78 is 4.82. The zero-order chi connectivity index (χ0) is 18.1. The van der Waals surface area contributed by atoms with Crippen molar-refractivity contribution in [3.8, 4) is 0 Å². The van der Waals surface area contributed by atoms with Gasteiger partial charge in [0.1, 0.15) is 11.7 Å². The maximum atomic E-state index is 11.9. The van der Waals surface area contributed by atoms with Gasteiger partial charge in [0, 0.05) is 6.07 Å². The Balaban J connectivity index is 2.33. The molecule has 10 heteroatoms. The number of hydrogen-bond acceptors (Lipinski definition) is 7. The summed E-state index contributed by atoms with van der Waals surface area (Å²) >= 11 is 0. The number of nitrogens with one attached hydrogen (secondary N) is 3. The van der Waals surface area contributed by atoms with E-state index in [0.29, 0.717) is 18.5 Å². The predicted octanol–water partition coefficient (Wildman–Crippen LogP) is -1.54. The first-order valence-electron chi connectivity index (χ1n) is 7.38. The van der Waals surface area contributed by atoms with Crippen molar-refractivity contribution in [2.45, 2.75) is 38.9 Å². The van der Waals surface area contributed by atoms with E-state index in [-0.39, 0.29) is 18.8 Å². The molecule has 0 aromatic carbocycles. The second-order valence-corrected chi connectivity index (χ2v) is 5.08. The van der Waals surface area contributed by atoms with Crippen LogP contribution in [0.1, 0.15) is 36.5 Å². The van der Waals surface area contributed by atoms with E-state index in [1.165, 1.54) is 13.0 Å². The highest BCUT2D eigenvalue weighted by molar-refractivity contribution is 5.90. The lowest BCUT2D eigenvalue weighted by molar-refractivity contribution is -0.129. The van der Waals surface area contributed by atoms with Crippen molar-refractivity contribution in [3.63, 3.8) is 0 Å². The van der Waals surface area contributed by atoms with Crippen LogP contribution in [0.3, 0.4) is 0 Å². The van der Waals surface area contributed by atoms with Crippen LogP contribution < -0.4 is 21.7 Å². The fraction of sp³-hybridized carbons (Fsp3) is 0.500. The van der Waals surface area contributed by atoms with E-state index < -0.39 is 29.8 Å². The van der Waals surface area contributed by atoms with Gasteiger partial charge in [-0.25, -0.2) is 0 Å². The largest absolute Gasteiger partial charge is 0.359 e. The van der Waals surface area contributed by atoms with Crippen LogP contribution in [0.4, 0.5) is 0 Å². The van der Waals surface area contributed by atoms with Crippen LogP contribution in [0, 0.1) is 0 Å². The molecule has 0 fully saturated rings. The number of nitrogens with zero attached hydrogens (tertiary/aromatic N) is 1. The molecular weight excluding hydrogens is 318 g/mol. The molecule has 2 atom stereocenters. The highest BCUT2D eigenvalue weighted by Crippen LogP contribution is 2.00. The second-order valence-electron chi connectivity index (χ2n) is 5.08. The third-order valence-electron chi connectivity index (χ3n) is 3.11. The van der Waals surface area contributed by atoms with Crippen LogP contribution >= 0.6 is 0 Å². The molecular formula is C14H21N5O5. The summed E-state index contributed by atoms with van der Waals surface area (Å²) in [6.45, 7) is 3.00. The quantitative estimate of drug-likeness (QED) is 0.397. The van der Waals surface area contributed by atoms with E-state index in [4.69, 9.17) is 10.3 Å². The molecule has 5 N–H and O–H groups in total. The van der Waals surface area contributed by atoms with Gasteiger partial charge in [0.05, 0.1) is 19.1 Å². The third-order valence-corrected chi connectivity index (χ3v) is 3.11. The molecule has 24 heavy (non-hydrogen) atoms. The topological polar surface area (TPSA) is 156 Å². The van der Waals surface area contributed by atoms with E-state index in [9.17, 15) is 19.2 Å². The lowest BCUT2D eigenvalue weighted by atomic mass is 10.2. The first kappa shape index (κ1) is 19.3. The van der Waals surface area contributed by atoms with Crippen molar-refractivity contribution in [1.82, 2.24) is 21.1 Å². The maximum absolute atomic E-state index is 11.9. The first-order valence-corrected chi connectivity index (χ1v) is 7.38. The highest BCUT2D eigenvalue weighted by Gasteiger charge is 2.17. The Kier molecular flexibility index (Phi) is 7.56. The molecule has 1 rings (SSSR count). The van der Waals surface area contributed by atoms with Crippen molar-refractivity contribution in [2.24, 2.45) is 5.73 Å². The van der Waals surface area contributed by atoms with Gasteiger partial charge >= 0.3 is 0 Å². The van der Waals surface area contributed by atoms with Crippen LogP contribution in [-0.2, 0) is 20.9 Å². The van der Waals surface area contributed by atoms with E-state index in [1.807, 2.05) is 0 Å². The van der Waals surface area contributed by atoms with Gasteiger partial charge in [-0.15, -0.1) is 0 Å². The van der Waals surface area contributed by atoms with Crippen LogP contribution in [0.2, 0.25) is 0 Å². The van der Waals surface area contributed by atoms with Gasteiger partial charge in [-0.3, -0.25) is 19.2 Å². The number of nitrogens with two attached hydrogens (primary N) is 1. The minimum absolute atomic E-state index is 0.0297. The van der Waals surface area contributed by atoms with Gasteiger partial charge in [-0.05, 0) is 13.3 Å². The van der Waals surface area contributed by atoms with Crippen molar-refractivity contribution in [3.05, 3.63) is 17.5 Å². The molecule has 0 bridgehead atoms. The van der Waals surface area contributed by atoms with E-state index in [1.54, 1.807) is 6.92 Å². The molecule has 132 valence electrons. The Hall–Kier alpha value is -2.75. The molecule has 0 saturated heterocycles. The molecule has 1 heterocycles. The highest BCUT2D eigenvalue weighted by atomic mass is 16.5. The summed E-state index contributed by atoms with van der Waals surface area (Å²) in [5.74, 6) is -1.09. The molecule has 0 aliphatic rings. The summed E-state index contributed by atoms with van der Waals surface area (Å²) in [7, 11) is 0. The number of aromatic nitrogens is 1. The van der Waals surface area contributed by atoms with Gasteiger partial charge < -0.3 is 26.2 Å². The Labute approximate surface area is 138 Å². The van der Waals surface area contributed by atoms with Gasteiger partial charge in [0.25, 0.3) is 0 Å². The molecule has 0 aliphatic carbocycles. The number of hydrogen-bond donors (Lipinski definition) is 4. The average Bonchev–Trinajstić information content (AvgIpc) is 3.04. The Morgan fingerprint density at radius 1 is 1.33 bits per heavy atom. The Morgan fingerprint density at radius 3 is 2.62 bits per heavy atom. The van der Waals surface area contributed by atoms with Crippen molar-refractivity contribution < 1.29 is 23.7 Å². The van der Waals surface area contributed by atoms with Crippen molar-refractivity contribution in [1.29, 1.82) is 0 Å². The molecule has 3 amide bonds. The monoisotopic (exact) mass is 339 g/mol. The van der Waals surface area contributed by atoms with Gasteiger partial charge in [-0.1, -0.05) is 12.1 Å². The molecule has 2 unspecified atom stereocenters. The lowest BCUT2D eigenvalue weighted by Gasteiger charge is -2.14. The number of amides is 3. The number of aldehydes is 1. The number of carbonyl (C=O) groups excluding carboxylic acids is 4. The molecule has 1 aromatic heterocycles. The predicted molar refractivity (Wildman–Crippen MR) is 82.6 cm³/mol. The van der Waals surface area contributed by atoms with Crippen LogP contribution in [0.5, 0.6) is 0 Å². The molecule has 1 aromatic rings. The van der Waals surface area contributed by atoms with Crippen LogP contribution in [0.25, 0.3) is 0 Å². The van der Waals surface area contributed by atoms with E-state index in [0.717, 1.165) is 0 Å². The molecule has 0 saturated carbocycles. The minimum Gasteiger partial charge on any atom is -0.359 e. The van der Waals surface area contributed by atoms with Gasteiger partial charge in [-0.2, -0.15) is 0 Å². The minimum atomic E-state index is -0.817. The van der Waals surface area contributed by atoms with Crippen molar-refractivity contribution in [2.75, 3.05) is 6.54 Å². The standard InChI is InChI=1S/C14H21N5O5/c1-3-11(15)14(23)17-6-12(21)18-8(2)13(22)16-5-10-4-9(7-20)19-24-10/h4,7-8,11H,3,5-6,15H2,1-2H3,(H,16,22)(H,17,23)(H,18,21). The zero-order valence-corrected chi connectivity index (χ0v) is 13.5. The zero-order valence-electron chi connectivity index (χ0n) is 13.5. The maximum Gasteiger partial charge on any atom is 0.242 e. The molecule has 0 aliphatic heterocycles. The lowest BCUT2D eigenvalue weighted by Crippen LogP contribution is -2.49. The van der Waals surface area contributed by atoms with Gasteiger partial charge in [0.2, 0.25) is 17.7 Å². The van der Waals surface area contributed by atoms with E-state index >= 15 is 0 Å². The van der Waals surface area contributed by atoms with Gasteiger partial charge in [0.15, 0.2) is 12.0 Å². The second kappa shape index (κ2) is 9.40. The fourth-order valence-corrected chi connectivity index (χ4v) is 1.64. The summed E-state index contributed by atoms with van der Waals surface area (Å²) in [5, 5.41) is 10.8. The summed E-state index contributed by atoms with van der Waals surface area (Å²) in [6, 6.07) is -0.0948. The smallest absolute Gasteiger partial charge is 0.242 e. The van der Waals surface area contributed by atoms with Crippen LogP contribution in [-0.4, -0.2) is 47.8 Å².